The van der Waals surface area contributed by atoms with Crippen LogP contribution in [0.1, 0.15) is 43.5 Å². The van der Waals surface area contributed by atoms with Gasteiger partial charge in [0.25, 0.3) is 5.91 Å². The molecule has 2 rings (SSSR count). The smallest absolute Gasteiger partial charge is 0.254 e. The zero-order chi connectivity index (χ0) is 13.3. The zero-order valence-corrected chi connectivity index (χ0v) is 12.2. The third kappa shape index (κ3) is 2.44. The molecule has 98 valence electrons. The molecule has 2 atom stereocenters. The van der Waals surface area contributed by atoms with Gasteiger partial charge in [-0.25, -0.2) is 4.39 Å². The number of carbonyl (C=O) groups is 1. The van der Waals surface area contributed by atoms with E-state index < -0.39 is 0 Å². The normalized spacial score (nSPS) is 23.4. The van der Waals surface area contributed by atoms with E-state index in [1.807, 2.05) is 4.90 Å². The fourth-order valence-electron chi connectivity index (χ4n) is 2.62. The minimum atomic E-state index is -0.340. The van der Waals surface area contributed by atoms with Gasteiger partial charge in [0.15, 0.2) is 0 Å². The highest BCUT2D eigenvalue weighted by atomic mass is 79.9. The quantitative estimate of drug-likeness (QED) is 0.808. The maximum atomic E-state index is 13.2. The van der Waals surface area contributed by atoms with Crippen LogP contribution in [0.4, 0.5) is 4.39 Å². The Morgan fingerprint density at radius 2 is 2.22 bits per heavy atom. The molecule has 1 aliphatic heterocycles. The van der Waals surface area contributed by atoms with Crippen LogP contribution < -0.4 is 0 Å². The highest BCUT2D eigenvalue weighted by molar-refractivity contribution is 9.10. The number of halogens is 2. The molecule has 0 bridgehead atoms. The Bertz CT molecular complexity index is 463. The molecule has 0 aromatic heterocycles. The Balaban J connectivity index is 2.27. The lowest BCUT2D eigenvalue weighted by molar-refractivity contribution is 0.0676. The molecular weight excluding hydrogens is 297 g/mol. The van der Waals surface area contributed by atoms with Gasteiger partial charge in [-0.1, -0.05) is 6.92 Å². The van der Waals surface area contributed by atoms with Crippen molar-refractivity contribution in [1.29, 1.82) is 0 Å². The molecule has 0 spiro atoms. The van der Waals surface area contributed by atoms with E-state index in [-0.39, 0.29) is 17.8 Å². The first kappa shape index (κ1) is 13.5. The third-order valence-electron chi connectivity index (χ3n) is 3.66. The molecule has 0 radical (unpaired) electrons. The van der Waals surface area contributed by atoms with Crippen molar-refractivity contribution in [2.45, 2.75) is 45.2 Å². The van der Waals surface area contributed by atoms with Crippen molar-refractivity contribution in [2.24, 2.45) is 0 Å². The van der Waals surface area contributed by atoms with Gasteiger partial charge < -0.3 is 4.90 Å². The predicted octanol–water partition coefficient (Wildman–Crippen LogP) is 3.99. The van der Waals surface area contributed by atoms with Gasteiger partial charge in [0.1, 0.15) is 5.82 Å². The van der Waals surface area contributed by atoms with E-state index in [0.717, 1.165) is 19.3 Å². The summed E-state index contributed by atoms with van der Waals surface area (Å²) in [6.45, 7) is 4.18. The van der Waals surface area contributed by atoms with Crippen LogP contribution >= 0.6 is 15.9 Å². The van der Waals surface area contributed by atoms with Gasteiger partial charge in [-0.15, -0.1) is 0 Å². The minimum Gasteiger partial charge on any atom is -0.333 e. The van der Waals surface area contributed by atoms with E-state index in [2.05, 4.69) is 29.8 Å². The molecule has 1 heterocycles. The van der Waals surface area contributed by atoms with Gasteiger partial charge in [-0.2, -0.15) is 0 Å². The average Bonchev–Trinajstić information content (AvgIpc) is 2.73. The van der Waals surface area contributed by atoms with Crippen molar-refractivity contribution < 1.29 is 9.18 Å². The molecule has 1 saturated heterocycles. The molecule has 0 saturated carbocycles. The summed E-state index contributed by atoms with van der Waals surface area (Å²) in [6, 6.07) is 5.04. The zero-order valence-electron chi connectivity index (χ0n) is 10.6. The van der Waals surface area contributed by atoms with Crippen LogP contribution in [0.2, 0.25) is 0 Å². The van der Waals surface area contributed by atoms with Crippen LogP contribution in [-0.2, 0) is 0 Å². The summed E-state index contributed by atoms with van der Waals surface area (Å²) in [5.41, 5.74) is 0.551. The number of amides is 1. The monoisotopic (exact) mass is 313 g/mol. The Hall–Kier alpha value is -0.900. The largest absolute Gasteiger partial charge is 0.333 e. The minimum absolute atomic E-state index is 0.00699. The van der Waals surface area contributed by atoms with Gasteiger partial charge >= 0.3 is 0 Å². The summed E-state index contributed by atoms with van der Waals surface area (Å²) < 4.78 is 13.5. The van der Waals surface area contributed by atoms with Crippen molar-refractivity contribution >= 4 is 21.8 Å². The predicted molar refractivity (Wildman–Crippen MR) is 73.0 cm³/mol. The number of hydrogen-bond donors (Lipinski definition) is 0. The number of likely N-dealkylation sites (tertiary alicyclic amines) is 1. The van der Waals surface area contributed by atoms with E-state index in [4.69, 9.17) is 0 Å². The van der Waals surface area contributed by atoms with Crippen molar-refractivity contribution in [3.8, 4) is 0 Å². The summed E-state index contributed by atoms with van der Waals surface area (Å²) in [6.07, 6.45) is 3.08. The second-order valence-corrected chi connectivity index (χ2v) is 5.68. The Kier molecular flexibility index (Phi) is 4.05. The maximum absolute atomic E-state index is 13.2. The summed E-state index contributed by atoms with van der Waals surface area (Å²) in [5.74, 6) is -0.333. The number of benzene rings is 1. The highest BCUT2D eigenvalue weighted by Gasteiger charge is 2.33. The summed E-state index contributed by atoms with van der Waals surface area (Å²) in [5, 5.41) is 0. The second-order valence-electron chi connectivity index (χ2n) is 4.83. The summed E-state index contributed by atoms with van der Waals surface area (Å²) in [7, 11) is 0. The van der Waals surface area contributed by atoms with E-state index in [1.165, 1.54) is 6.07 Å². The standard InChI is InChI=1S/C14H17BrFNO/c1-3-11-6-4-9(2)17(11)14(18)10-5-7-13(16)12(15)8-10/h5,7-9,11H,3-4,6H2,1-2H3. The van der Waals surface area contributed by atoms with E-state index >= 15 is 0 Å². The number of rotatable bonds is 2. The lowest BCUT2D eigenvalue weighted by Crippen LogP contribution is -2.39. The van der Waals surface area contributed by atoms with Gasteiger partial charge in [0, 0.05) is 17.6 Å². The number of carbonyl (C=O) groups excluding carboxylic acids is 1. The van der Waals surface area contributed by atoms with Crippen LogP contribution in [0.3, 0.4) is 0 Å². The van der Waals surface area contributed by atoms with E-state index in [0.29, 0.717) is 16.1 Å². The average molecular weight is 314 g/mol. The SMILES string of the molecule is CCC1CCC(C)N1C(=O)c1ccc(F)c(Br)c1. The molecular formula is C14H17BrFNO. The molecule has 0 aliphatic carbocycles. The van der Waals surface area contributed by atoms with Gasteiger partial charge in [-0.3, -0.25) is 4.79 Å². The Labute approximate surface area is 115 Å². The van der Waals surface area contributed by atoms with Crippen LogP contribution in [0.5, 0.6) is 0 Å². The molecule has 0 N–H and O–H groups in total. The fraction of sp³-hybridized carbons (Fsp3) is 0.500. The van der Waals surface area contributed by atoms with Crippen molar-refractivity contribution in [3.05, 3.63) is 34.1 Å². The first-order valence-electron chi connectivity index (χ1n) is 6.32. The number of hydrogen-bond acceptors (Lipinski definition) is 1. The van der Waals surface area contributed by atoms with E-state index in [1.54, 1.807) is 12.1 Å². The third-order valence-corrected chi connectivity index (χ3v) is 4.27. The van der Waals surface area contributed by atoms with Crippen molar-refractivity contribution in [2.75, 3.05) is 0 Å². The van der Waals surface area contributed by atoms with Crippen LogP contribution in [0.15, 0.2) is 22.7 Å². The van der Waals surface area contributed by atoms with Gasteiger partial charge in [0.2, 0.25) is 0 Å². The highest BCUT2D eigenvalue weighted by Crippen LogP contribution is 2.28. The Morgan fingerprint density at radius 1 is 1.50 bits per heavy atom. The maximum Gasteiger partial charge on any atom is 0.254 e. The van der Waals surface area contributed by atoms with Crippen molar-refractivity contribution in [1.82, 2.24) is 4.90 Å². The summed E-state index contributed by atoms with van der Waals surface area (Å²) >= 11 is 3.12. The molecule has 2 nitrogen and oxygen atoms in total. The topological polar surface area (TPSA) is 20.3 Å². The molecule has 1 amide bonds. The molecule has 4 heteroatoms. The molecule has 18 heavy (non-hydrogen) atoms. The first-order valence-corrected chi connectivity index (χ1v) is 7.11. The molecule has 1 fully saturated rings. The second kappa shape index (κ2) is 5.39. The number of nitrogens with zero attached hydrogens (tertiary/aromatic N) is 1. The molecule has 2 unspecified atom stereocenters. The molecule has 1 aliphatic rings. The molecule has 1 aromatic rings. The van der Waals surface area contributed by atoms with E-state index in [9.17, 15) is 9.18 Å². The summed E-state index contributed by atoms with van der Waals surface area (Å²) in [4.78, 5) is 14.4. The van der Waals surface area contributed by atoms with Gasteiger partial charge in [-0.05, 0) is 60.3 Å². The van der Waals surface area contributed by atoms with Crippen molar-refractivity contribution in [3.63, 3.8) is 0 Å². The fourth-order valence-corrected chi connectivity index (χ4v) is 3.00. The van der Waals surface area contributed by atoms with Crippen LogP contribution in [-0.4, -0.2) is 22.9 Å². The van der Waals surface area contributed by atoms with Gasteiger partial charge in [0.05, 0.1) is 4.47 Å². The molecule has 1 aromatic carbocycles. The van der Waals surface area contributed by atoms with Crippen LogP contribution in [0, 0.1) is 5.82 Å². The Morgan fingerprint density at radius 3 is 2.83 bits per heavy atom. The lowest BCUT2D eigenvalue weighted by Gasteiger charge is -2.28. The lowest BCUT2D eigenvalue weighted by atomic mass is 10.1. The van der Waals surface area contributed by atoms with Crippen LogP contribution in [0.25, 0.3) is 0 Å². The first-order chi connectivity index (χ1) is 8.54.